The first kappa shape index (κ1) is 28.2. The lowest BCUT2D eigenvalue weighted by Gasteiger charge is -2.37. The van der Waals surface area contributed by atoms with Gasteiger partial charge >= 0.3 is 0 Å². The van der Waals surface area contributed by atoms with Gasteiger partial charge in [-0.2, -0.15) is 0 Å². The second-order valence-corrected chi connectivity index (χ2v) is 12.6. The van der Waals surface area contributed by atoms with E-state index in [0.29, 0.717) is 16.9 Å². The van der Waals surface area contributed by atoms with Gasteiger partial charge in [0.1, 0.15) is 11.3 Å². The highest BCUT2D eigenvalue weighted by molar-refractivity contribution is 7.81. The summed E-state index contributed by atoms with van der Waals surface area (Å²) >= 11 is 5.77. The number of phenolic OH excluding ortho intramolecular Hbond substituents is 1. The van der Waals surface area contributed by atoms with Crippen molar-refractivity contribution in [1.82, 2.24) is 0 Å². The molecule has 0 aromatic heterocycles. The van der Waals surface area contributed by atoms with Gasteiger partial charge in [0.05, 0.1) is 11.4 Å². The summed E-state index contributed by atoms with van der Waals surface area (Å²) in [6, 6.07) is 18.5. The maximum Gasteiger partial charge on any atom is 0.270 e. The van der Waals surface area contributed by atoms with Crippen LogP contribution in [0.2, 0.25) is 0 Å². The first-order chi connectivity index (χ1) is 18.1. The zero-order valence-electron chi connectivity index (χ0n) is 23.9. The first-order valence-electron chi connectivity index (χ1n) is 13.1. The Kier molecular flexibility index (Phi) is 7.30. The van der Waals surface area contributed by atoms with Crippen LogP contribution in [0, 0.1) is 13.8 Å². The Morgan fingerprint density at radius 1 is 0.718 bits per heavy atom. The molecule has 1 aliphatic heterocycles. The Hall–Kier alpha value is -3.77. The van der Waals surface area contributed by atoms with Gasteiger partial charge < -0.3 is 5.11 Å². The zero-order chi connectivity index (χ0) is 28.9. The molecular formula is C33H36N2O3S. The van der Waals surface area contributed by atoms with Crippen molar-refractivity contribution in [2.45, 2.75) is 66.2 Å². The van der Waals surface area contributed by atoms with E-state index in [1.165, 1.54) is 9.80 Å². The first-order valence-corrected chi connectivity index (χ1v) is 13.5. The number of hydrogen-bond donors (Lipinski definition) is 1. The molecule has 0 bridgehead atoms. The number of hydrogen-bond acceptors (Lipinski definition) is 4. The Morgan fingerprint density at radius 3 is 1.72 bits per heavy atom. The van der Waals surface area contributed by atoms with Gasteiger partial charge in [-0.05, 0) is 96.1 Å². The summed E-state index contributed by atoms with van der Waals surface area (Å²) < 4.78 is 0. The number of amides is 2. The fraction of sp³-hybridized carbons (Fsp3) is 0.303. The highest BCUT2D eigenvalue weighted by atomic mass is 32.1. The average molecular weight is 541 g/mol. The predicted octanol–water partition coefficient (Wildman–Crippen LogP) is 7.35. The smallest absolute Gasteiger partial charge is 0.270 e. The second kappa shape index (κ2) is 10.1. The molecule has 0 unspecified atom stereocenters. The van der Waals surface area contributed by atoms with E-state index in [2.05, 4.69) is 0 Å². The Labute approximate surface area is 236 Å². The third kappa shape index (κ3) is 5.39. The van der Waals surface area contributed by atoms with Gasteiger partial charge in [0.2, 0.25) is 0 Å². The number of anilines is 2. The monoisotopic (exact) mass is 540 g/mol. The van der Waals surface area contributed by atoms with Gasteiger partial charge in [-0.1, -0.05) is 65.8 Å². The van der Waals surface area contributed by atoms with Crippen LogP contribution in [-0.4, -0.2) is 22.0 Å². The van der Waals surface area contributed by atoms with E-state index in [4.69, 9.17) is 12.2 Å². The van der Waals surface area contributed by atoms with Crippen molar-refractivity contribution in [3.8, 4) is 5.75 Å². The van der Waals surface area contributed by atoms with Gasteiger partial charge in [-0.15, -0.1) is 0 Å². The quantitative estimate of drug-likeness (QED) is 0.214. The number of aryl methyl sites for hydroxylation is 2. The topological polar surface area (TPSA) is 60.9 Å². The Bertz CT molecular complexity index is 1470. The lowest BCUT2D eigenvalue weighted by Crippen LogP contribution is -2.57. The number of rotatable bonds is 3. The molecule has 1 heterocycles. The highest BCUT2D eigenvalue weighted by Crippen LogP contribution is 2.40. The van der Waals surface area contributed by atoms with Crippen LogP contribution < -0.4 is 9.80 Å². The standard InChI is InChI=1S/C33H36N2O3S/c1-20-14-15-24(16-21(20)2)35-30(38)25(29(37)34(31(35)39)23-12-10-9-11-13-23)17-22-18-26(32(3,4)5)28(36)27(19-22)33(6,7)8/h9-19,36H,1-8H3/b25-17+. The Morgan fingerprint density at radius 2 is 1.23 bits per heavy atom. The van der Waals surface area contributed by atoms with Crippen molar-refractivity contribution in [2.75, 3.05) is 9.80 Å². The minimum Gasteiger partial charge on any atom is -0.507 e. The average Bonchev–Trinajstić information content (AvgIpc) is 2.84. The molecule has 3 aromatic rings. The summed E-state index contributed by atoms with van der Waals surface area (Å²) in [6.45, 7) is 16.1. The van der Waals surface area contributed by atoms with E-state index in [-0.39, 0.29) is 27.3 Å². The molecule has 4 rings (SSSR count). The van der Waals surface area contributed by atoms with Gasteiger partial charge in [-0.3, -0.25) is 19.4 Å². The number of carbonyl (C=O) groups is 2. The van der Waals surface area contributed by atoms with Crippen LogP contribution in [0.3, 0.4) is 0 Å². The molecule has 202 valence electrons. The normalized spacial score (nSPS) is 15.9. The summed E-state index contributed by atoms with van der Waals surface area (Å²) in [5, 5.41) is 11.3. The molecule has 0 spiro atoms. The van der Waals surface area contributed by atoms with Crippen molar-refractivity contribution >= 4 is 46.6 Å². The maximum absolute atomic E-state index is 14.0. The van der Waals surface area contributed by atoms with Gasteiger partial charge in [-0.25, -0.2) is 0 Å². The lowest BCUT2D eigenvalue weighted by atomic mass is 9.78. The van der Waals surface area contributed by atoms with Gasteiger partial charge in [0.15, 0.2) is 5.11 Å². The minimum atomic E-state index is -0.487. The van der Waals surface area contributed by atoms with Crippen molar-refractivity contribution in [3.63, 3.8) is 0 Å². The van der Waals surface area contributed by atoms with E-state index in [1.807, 2.05) is 104 Å². The van der Waals surface area contributed by atoms with Gasteiger partial charge in [0.25, 0.3) is 11.8 Å². The van der Waals surface area contributed by atoms with Gasteiger partial charge in [0, 0.05) is 11.1 Å². The van der Waals surface area contributed by atoms with E-state index >= 15 is 0 Å². The molecule has 1 aliphatic rings. The molecule has 0 saturated carbocycles. The molecule has 39 heavy (non-hydrogen) atoms. The molecule has 1 fully saturated rings. The highest BCUT2D eigenvalue weighted by Gasteiger charge is 2.41. The van der Waals surface area contributed by atoms with Crippen molar-refractivity contribution in [3.05, 3.63) is 94.1 Å². The number of nitrogens with zero attached hydrogens (tertiary/aromatic N) is 2. The van der Waals surface area contributed by atoms with E-state index < -0.39 is 11.8 Å². The number of carbonyl (C=O) groups excluding carboxylic acids is 2. The molecule has 0 aliphatic carbocycles. The van der Waals surface area contributed by atoms with Crippen LogP contribution in [0.4, 0.5) is 11.4 Å². The maximum atomic E-state index is 14.0. The van der Waals surface area contributed by atoms with Crippen LogP contribution in [0.15, 0.2) is 66.2 Å². The number of para-hydroxylation sites is 1. The number of aromatic hydroxyl groups is 1. The zero-order valence-corrected chi connectivity index (χ0v) is 24.7. The van der Waals surface area contributed by atoms with Crippen molar-refractivity contribution in [1.29, 1.82) is 0 Å². The Balaban J connectivity index is 1.96. The molecule has 0 atom stereocenters. The van der Waals surface area contributed by atoms with Crippen LogP contribution >= 0.6 is 12.2 Å². The molecule has 3 aromatic carbocycles. The minimum absolute atomic E-state index is 0.00362. The third-order valence-corrected chi connectivity index (χ3v) is 7.44. The summed E-state index contributed by atoms with van der Waals surface area (Å²) in [5.41, 5.74) is 4.73. The van der Waals surface area contributed by atoms with E-state index in [0.717, 1.165) is 22.3 Å². The molecule has 6 heteroatoms. The molecule has 1 saturated heterocycles. The summed E-state index contributed by atoms with van der Waals surface area (Å²) in [7, 11) is 0. The molecule has 2 amide bonds. The summed E-state index contributed by atoms with van der Waals surface area (Å²) in [4.78, 5) is 30.8. The van der Waals surface area contributed by atoms with Crippen LogP contribution in [0.25, 0.3) is 6.08 Å². The third-order valence-electron chi connectivity index (χ3n) is 7.07. The molecule has 5 nitrogen and oxygen atoms in total. The lowest BCUT2D eigenvalue weighted by molar-refractivity contribution is -0.120. The van der Waals surface area contributed by atoms with Crippen LogP contribution in [0.5, 0.6) is 5.75 Å². The fourth-order valence-electron chi connectivity index (χ4n) is 4.68. The van der Waals surface area contributed by atoms with Crippen molar-refractivity contribution < 1.29 is 14.7 Å². The van der Waals surface area contributed by atoms with Crippen LogP contribution in [-0.2, 0) is 20.4 Å². The molecular weight excluding hydrogens is 504 g/mol. The summed E-state index contributed by atoms with van der Waals surface area (Å²) in [6.07, 6.45) is 1.63. The second-order valence-electron chi connectivity index (χ2n) is 12.2. The SMILES string of the molecule is Cc1ccc(N2C(=O)/C(=C/c3cc(C(C)(C)C)c(O)c(C(C)(C)C)c3)C(=O)N(c3ccccc3)C2=S)cc1C. The predicted molar refractivity (Wildman–Crippen MR) is 163 cm³/mol. The van der Waals surface area contributed by atoms with E-state index in [9.17, 15) is 14.7 Å². The number of benzene rings is 3. The largest absolute Gasteiger partial charge is 0.507 e. The fourth-order valence-corrected chi connectivity index (χ4v) is 5.05. The number of phenols is 1. The van der Waals surface area contributed by atoms with Crippen LogP contribution in [0.1, 0.15) is 69.4 Å². The summed E-state index contributed by atoms with van der Waals surface area (Å²) in [5.74, 6) is -0.732. The van der Waals surface area contributed by atoms with E-state index in [1.54, 1.807) is 18.2 Å². The number of thiocarbonyl (C=S) groups is 1. The molecule has 0 radical (unpaired) electrons. The van der Waals surface area contributed by atoms with Crippen molar-refractivity contribution in [2.24, 2.45) is 0 Å². The molecule has 1 N–H and O–H groups in total.